The third-order valence-electron chi connectivity index (χ3n) is 3.00. The molecule has 5 nitrogen and oxygen atoms in total. The molecule has 1 aliphatic carbocycles. The summed E-state index contributed by atoms with van der Waals surface area (Å²) in [5.74, 6) is -0.258. The molecular weight excluding hydrogens is 184 g/mol. The Labute approximate surface area is 82.4 Å². The van der Waals surface area contributed by atoms with Gasteiger partial charge in [0.1, 0.15) is 0 Å². The molecular formula is C9H14N2O3. The maximum Gasteiger partial charge on any atom is 0.372 e. The largest absolute Gasteiger partial charge is 0.376 e. The Hall–Kier alpha value is -1.10. The lowest BCUT2D eigenvalue weighted by atomic mass is 9.88. The van der Waals surface area contributed by atoms with Gasteiger partial charge in [-0.25, -0.2) is 4.79 Å². The number of fused-ring (bicyclic) bond motifs is 1. The van der Waals surface area contributed by atoms with Crippen LogP contribution in [-0.4, -0.2) is 24.3 Å². The number of oxime groups is 1. The predicted molar refractivity (Wildman–Crippen MR) is 49.4 cm³/mol. The molecule has 0 saturated heterocycles. The highest BCUT2D eigenvalue weighted by Crippen LogP contribution is 2.44. The summed E-state index contributed by atoms with van der Waals surface area (Å²) >= 11 is 0. The van der Waals surface area contributed by atoms with Crippen LogP contribution in [0, 0.1) is 5.92 Å². The smallest absolute Gasteiger partial charge is 0.372 e. The van der Waals surface area contributed by atoms with Gasteiger partial charge in [-0.3, -0.25) is 0 Å². The van der Waals surface area contributed by atoms with Gasteiger partial charge in [0.2, 0.25) is 5.60 Å². The summed E-state index contributed by atoms with van der Waals surface area (Å²) in [6, 6.07) is 0. The van der Waals surface area contributed by atoms with Crippen molar-refractivity contribution in [3.63, 3.8) is 0 Å². The zero-order chi connectivity index (χ0) is 10.2. The minimum absolute atomic E-state index is 0.100. The van der Waals surface area contributed by atoms with Gasteiger partial charge in [-0.15, -0.1) is 0 Å². The summed E-state index contributed by atoms with van der Waals surface area (Å²) in [6.07, 6.45) is 2.63. The van der Waals surface area contributed by atoms with Crippen LogP contribution in [-0.2, 0) is 14.5 Å². The molecule has 1 aliphatic heterocycles. The van der Waals surface area contributed by atoms with E-state index in [2.05, 4.69) is 10.6 Å². The monoisotopic (exact) mass is 198 g/mol. The number of nitrogens with one attached hydrogen (secondary N) is 1. The third kappa shape index (κ3) is 1.12. The van der Waals surface area contributed by atoms with Crippen LogP contribution < -0.4 is 5.48 Å². The van der Waals surface area contributed by atoms with Crippen LogP contribution in [0.4, 0.5) is 0 Å². The van der Waals surface area contributed by atoms with Crippen LogP contribution in [0.3, 0.4) is 0 Å². The number of hydrogen-bond acceptors (Lipinski definition) is 5. The van der Waals surface area contributed by atoms with Crippen LogP contribution in [0.25, 0.3) is 0 Å². The van der Waals surface area contributed by atoms with E-state index in [0.717, 1.165) is 18.6 Å². The van der Waals surface area contributed by atoms with Crippen molar-refractivity contribution >= 4 is 11.7 Å². The van der Waals surface area contributed by atoms with Gasteiger partial charge in [0.25, 0.3) is 0 Å². The second-order valence-electron chi connectivity index (χ2n) is 3.75. The van der Waals surface area contributed by atoms with Gasteiger partial charge in [-0.2, -0.15) is 5.48 Å². The first-order chi connectivity index (χ1) is 6.70. The lowest BCUT2D eigenvalue weighted by Gasteiger charge is -2.23. The molecule has 0 aromatic heterocycles. The molecule has 2 unspecified atom stereocenters. The van der Waals surface area contributed by atoms with Gasteiger partial charge in [-0.1, -0.05) is 5.16 Å². The molecule has 0 aromatic carbocycles. The Kier molecular flexibility index (Phi) is 2.19. The van der Waals surface area contributed by atoms with Crippen molar-refractivity contribution < 1.29 is 14.5 Å². The molecule has 14 heavy (non-hydrogen) atoms. The van der Waals surface area contributed by atoms with Gasteiger partial charge >= 0.3 is 5.97 Å². The minimum atomic E-state index is -0.840. The fourth-order valence-electron chi connectivity index (χ4n) is 2.31. The lowest BCUT2D eigenvalue weighted by molar-refractivity contribution is -0.178. The van der Waals surface area contributed by atoms with E-state index in [1.807, 2.05) is 6.92 Å². The number of carbonyl (C=O) groups is 1. The molecule has 0 amide bonds. The molecule has 2 atom stereocenters. The topological polar surface area (TPSA) is 59.9 Å². The molecule has 0 bridgehead atoms. The van der Waals surface area contributed by atoms with Gasteiger partial charge in [0.15, 0.2) is 0 Å². The van der Waals surface area contributed by atoms with Crippen LogP contribution >= 0.6 is 0 Å². The Morgan fingerprint density at radius 1 is 1.79 bits per heavy atom. The summed E-state index contributed by atoms with van der Waals surface area (Å²) in [6.45, 7) is 1.89. The first-order valence-electron chi connectivity index (χ1n) is 4.81. The van der Waals surface area contributed by atoms with Crippen molar-refractivity contribution in [2.45, 2.75) is 31.8 Å². The Morgan fingerprint density at radius 3 is 3.29 bits per heavy atom. The van der Waals surface area contributed by atoms with Gasteiger partial charge in [0, 0.05) is 13.5 Å². The molecule has 1 saturated carbocycles. The standard InChI is InChI=1S/C9H14N2O3/c1-6-7-4-3-5-9(7,14-11-6)8(12)13-10-2/h7,10H,3-5H2,1-2H3. The third-order valence-corrected chi connectivity index (χ3v) is 3.00. The first-order valence-corrected chi connectivity index (χ1v) is 4.81. The van der Waals surface area contributed by atoms with Crippen molar-refractivity contribution in [3.05, 3.63) is 0 Å². The average molecular weight is 198 g/mol. The molecule has 1 N–H and O–H groups in total. The van der Waals surface area contributed by atoms with E-state index in [9.17, 15) is 4.79 Å². The fourth-order valence-corrected chi connectivity index (χ4v) is 2.31. The average Bonchev–Trinajstić information content (AvgIpc) is 2.69. The van der Waals surface area contributed by atoms with Crippen LogP contribution in [0.15, 0.2) is 5.16 Å². The molecule has 0 spiro atoms. The highest BCUT2D eigenvalue weighted by atomic mass is 16.7. The molecule has 1 heterocycles. The van der Waals surface area contributed by atoms with Crippen molar-refractivity contribution in [1.82, 2.24) is 5.48 Å². The zero-order valence-corrected chi connectivity index (χ0v) is 8.37. The Morgan fingerprint density at radius 2 is 2.57 bits per heavy atom. The van der Waals surface area contributed by atoms with Gasteiger partial charge in [-0.05, 0) is 19.8 Å². The number of hydroxylamine groups is 1. The lowest BCUT2D eigenvalue weighted by Crippen LogP contribution is -2.45. The van der Waals surface area contributed by atoms with Crippen molar-refractivity contribution in [2.24, 2.45) is 11.1 Å². The molecule has 0 aromatic rings. The maximum atomic E-state index is 11.7. The van der Waals surface area contributed by atoms with E-state index in [-0.39, 0.29) is 11.9 Å². The summed E-state index contributed by atoms with van der Waals surface area (Å²) in [5.41, 5.74) is 2.44. The summed E-state index contributed by atoms with van der Waals surface area (Å²) in [4.78, 5) is 21.8. The van der Waals surface area contributed by atoms with E-state index in [1.54, 1.807) is 7.05 Å². The SMILES string of the molecule is CNOC(=O)C12CCCC1C(C)=NO2. The normalized spacial score (nSPS) is 34.7. The summed E-state index contributed by atoms with van der Waals surface area (Å²) in [7, 11) is 1.56. The summed E-state index contributed by atoms with van der Waals surface area (Å²) < 4.78 is 0. The highest BCUT2D eigenvalue weighted by Gasteiger charge is 2.58. The highest BCUT2D eigenvalue weighted by molar-refractivity contribution is 5.95. The van der Waals surface area contributed by atoms with Crippen LogP contribution in [0.2, 0.25) is 0 Å². The van der Waals surface area contributed by atoms with E-state index in [1.165, 1.54) is 0 Å². The van der Waals surface area contributed by atoms with Gasteiger partial charge < -0.3 is 9.68 Å². The van der Waals surface area contributed by atoms with Crippen molar-refractivity contribution in [2.75, 3.05) is 7.05 Å². The number of rotatable bonds is 2. The Bertz CT molecular complexity index is 290. The predicted octanol–water partition coefficient (Wildman–Crippen LogP) is 0.609. The van der Waals surface area contributed by atoms with Crippen molar-refractivity contribution in [1.29, 1.82) is 0 Å². The Balaban J connectivity index is 2.20. The van der Waals surface area contributed by atoms with Gasteiger partial charge in [0.05, 0.1) is 11.6 Å². The zero-order valence-electron chi connectivity index (χ0n) is 8.37. The first kappa shape index (κ1) is 9.45. The maximum absolute atomic E-state index is 11.7. The molecule has 2 aliphatic rings. The number of hydrogen-bond donors (Lipinski definition) is 1. The second-order valence-corrected chi connectivity index (χ2v) is 3.75. The number of nitrogens with zero attached hydrogens (tertiary/aromatic N) is 1. The minimum Gasteiger partial charge on any atom is -0.376 e. The van der Waals surface area contributed by atoms with E-state index in [0.29, 0.717) is 6.42 Å². The van der Waals surface area contributed by atoms with Crippen LogP contribution in [0.1, 0.15) is 26.2 Å². The van der Waals surface area contributed by atoms with E-state index in [4.69, 9.17) is 9.68 Å². The molecule has 0 radical (unpaired) electrons. The molecule has 5 heteroatoms. The van der Waals surface area contributed by atoms with E-state index >= 15 is 0 Å². The molecule has 78 valence electrons. The van der Waals surface area contributed by atoms with E-state index < -0.39 is 5.60 Å². The number of carbonyl (C=O) groups excluding carboxylic acids is 1. The quantitative estimate of drug-likeness (QED) is 0.660. The fraction of sp³-hybridized carbons (Fsp3) is 0.778. The second kappa shape index (κ2) is 3.24. The van der Waals surface area contributed by atoms with Crippen molar-refractivity contribution in [3.8, 4) is 0 Å². The molecule has 2 rings (SSSR count). The van der Waals surface area contributed by atoms with Crippen LogP contribution in [0.5, 0.6) is 0 Å². The molecule has 1 fully saturated rings. The summed E-state index contributed by atoms with van der Waals surface area (Å²) in [5, 5.41) is 3.88.